The van der Waals surface area contributed by atoms with Crippen LogP contribution in [0.2, 0.25) is 5.02 Å². The molecule has 22 heavy (non-hydrogen) atoms. The second kappa shape index (κ2) is 7.82. The van der Waals surface area contributed by atoms with E-state index in [0.717, 1.165) is 5.56 Å². The molecule has 7 heteroatoms. The summed E-state index contributed by atoms with van der Waals surface area (Å²) in [5.74, 6) is -0.358. The minimum absolute atomic E-state index is 0.158. The van der Waals surface area contributed by atoms with Crippen molar-refractivity contribution in [3.8, 4) is 5.75 Å². The smallest absolute Gasteiger partial charge is 0.310 e. The molecule has 0 unspecified atom stereocenters. The number of anilines is 1. The maximum Gasteiger partial charge on any atom is 0.310 e. The zero-order valence-corrected chi connectivity index (χ0v) is 13.4. The van der Waals surface area contributed by atoms with Gasteiger partial charge in [-0.15, -0.1) is 0 Å². The third kappa shape index (κ3) is 4.75. The Morgan fingerprint density at radius 1 is 1.32 bits per heavy atom. The monoisotopic (exact) mass is 339 g/mol. The molecule has 0 saturated carbocycles. The summed E-state index contributed by atoms with van der Waals surface area (Å²) < 4.78 is 9.94. The molecule has 1 aromatic carbocycles. The van der Waals surface area contributed by atoms with Gasteiger partial charge in [0.2, 0.25) is 0 Å². The average Bonchev–Trinajstić information content (AvgIpc) is 2.98. The van der Waals surface area contributed by atoms with Gasteiger partial charge in [-0.25, -0.2) is 0 Å². The Balaban J connectivity index is 1.80. The lowest BCUT2D eigenvalue weighted by molar-refractivity contribution is -0.146. The molecule has 0 fully saturated rings. The summed E-state index contributed by atoms with van der Waals surface area (Å²) in [6, 6.07) is 6.69. The number of carbonyl (C=O) groups is 2. The van der Waals surface area contributed by atoms with Crippen LogP contribution >= 0.6 is 22.9 Å². The van der Waals surface area contributed by atoms with E-state index in [2.05, 4.69) is 5.32 Å². The first kappa shape index (κ1) is 16.3. The molecule has 0 spiro atoms. The molecule has 2 rings (SSSR count). The van der Waals surface area contributed by atoms with Crippen LogP contribution in [0.25, 0.3) is 0 Å². The van der Waals surface area contributed by atoms with Crippen LogP contribution in [0.4, 0.5) is 5.69 Å². The lowest BCUT2D eigenvalue weighted by atomic mass is 10.2. The minimum atomic E-state index is -0.443. The molecule has 2 aromatic rings. The van der Waals surface area contributed by atoms with Crippen LogP contribution in [-0.4, -0.2) is 25.6 Å². The molecule has 0 atom stereocenters. The summed E-state index contributed by atoms with van der Waals surface area (Å²) in [5.41, 5.74) is 1.38. The lowest BCUT2D eigenvalue weighted by Crippen LogP contribution is -2.21. The third-order valence-electron chi connectivity index (χ3n) is 2.73. The summed E-state index contributed by atoms with van der Waals surface area (Å²) in [4.78, 5) is 23.3. The molecule has 0 aliphatic rings. The quantitative estimate of drug-likeness (QED) is 0.821. The highest BCUT2D eigenvalue weighted by molar-refractivity contribution is 7.07. The van der Waals surface area contributed by atoms with Crippen LogP contribution in [-0.2, 0) is 20.7 Å². The molecular formula is C15H14ClNO4S. The molecule has 0 aliphatic carbocycles. The van der Waals surface area contributed by atoms with Crippen molar-refractivity contribution >= 4 is 40.5 Å². The molecule has 116 valence electrons. The fourth-order valence-corrected chi connectivity index (χ4v) is 2.62. The number of nitrogens with one attached hydrogen (secondary N) is 1. The molecule has 1 heterocycles. The van der Waals surface area contributed by atoms with E-state index in [9.17, 15) is 9.59 Å². The number of hydrogen-bond acceptors (Lipinski definition) is 5. The van der Waals surface area contributed by atoms with Gasteiger partial charge in [-0.2, -0.15) is 11.3 Å². The Morgan fingerprint density at radius 2 is 2.14 bits per heavy atom. The van der Waals surface area contributed by atoms with Gasteiger partial charge in [0.1, 0.15) is 5.75 Å². The third-order valence-corrected chi connectivity index (χ3v) is 3.76. The van der Waals surface area contributed by atoms with E-state index < -0.39 is 11.9 Å². The van der Waals surface area contributed by atoms with Crippen molar-refractivity contribution in [2.24, 2.45) is 0 Å². The van der Waals surface area contributed by atoms with Gasteiger partial charge in [-0.3, -0.25) is 9.59 Å². The number of thiophene rings is 1. The lowest BCUT2D eigenvalue weighted by Gasteiger charge is -2.08. The molecule has 0 aliphatic heterocycles. The second-order valence-corrected chi connectivity index (χ2v) is 5.55. The van der Waals surface area contributed by atoms with Crippen molar-refractivity contribution in [1.82, 2.24) is 0 Å². The summed E-state index contributed by atoms with van der Waals surface area (Å²) in [7, 11) is 1.51. The van der Waals surface area contributed by atoms with Crippen LogP contribution in [0.5, 0.6) is 5.75 Å². The van der Waals surface area contributed by atoms with Gasteiger partial charge in [0.05, 0.1) is 18.6 Å². The Morgan fingerprint density at radius 3 is 2.77 bits per heavy atom. The van der Waals surface area contributed by atoms with Crippen molar-refractivity contribution < 1.29 is 19.1 Å². The summed E-state index contributed by atoms with van der Waals surface area (Å²) >= 11 is 7.46. The van der Waals surface area contributed by atoms with Crippen molar-refractivity contribution in [1.29, 1.82) is 0 Å². The Bertz CT molecular complexity index is 658. The highest BCUT2D eigenvalue weighted by Gasteiger charge is 2.10. The second-order valence-electron chi connectivity index (χ2n) is 4.37. The molecule has 1 amide bonds. The molecule has 1 aromatic heterocycles. The van der Waals surface area contributed by atoms with Gasteiger partial charge in [-0.1, -0.05) is 11.6 Å². The average molecular weight is 340 g/mol. The van der Waals surface area contributed by atoms with Crippen LogP contribution < -0.4 is 10.1 Å². The topological polar surface area (TPSA) is 64.6 Å². The standard InChI is InChI=1S/C15H14ClNO4S/c1-20-13-3-2-11(7-12(13)16)17-14(18)8-21-15(19)6-10-4-5-22-9-10/h2-5,7,9H,6,8H2,1H3,(H,17,18). The van der Waals surface area contributed by atoms with E-state index >= 15 is 0 Å². The number of rotatable bonds is 6. The van der Waals surface area contributed by atoms with Gasteiger partial charge in [0.25, 0.3) is 5.91 Å². The number of methoxy groups -OCH3 is 1. The predicted molar refractivity (Wildman–Crippen MR) is 85.6 cm³/mol. The summed E-state index contributed by atoms with van der Waals surface area (Å²) in [6.07, 6.45) is 0.158. The fraction of sp³-hybridized carbons (Fsp3) is 0.200. The maximum absolute atomic E-state index is 11.7. The van der Waals surface area contributed by atoms with E-state index in [4.69, 9.17) is 21.1 Å². The zero-order chi connectivity index (χ0) is 15.9. The van der Waals surface area contributed by atoms with Crippen LogP contribution in [0.3, 0.4) is 0 Å². The van der Waals surface area contributed by atoms with Crippen molar-refractivity contribution in [3.05, 3.63) is 45.6 Å². The fourth-order valence-electron chi connectivity index (χ4n) is 1.70. The minimum Gasteiger partial charge on any atom is -0.495 e. The van der Waals surface area contributed by atoms with Crippen LogP contribution in [0.1, 0.15) is 5.56 Å². The van der Waals surface area contributed by atoms with Crippen LogP contribution in [0.15, 0.2) is 35.0 Å². The molecule has 0 bridgehead atoms. The Kier molecular flexibility index (Phi) is 5.80. The highest BCUT2D eigenvalue weighted by atomic mass is 35.5. The van der Waals surface area contributed by atoms with E-state index in [0.29, 0.717) is 16.5 Å². The Hall–Kier alpha value is -2.05. The highest BCUT2D eigenvalue weighted by Crippen LogP contribution is 2.27. The predicted octanol–water partition coefficient (Wildman–Crippen LogP) is 3.13. The Labute approximate surface area is 136 Å². The van der Waals surface area contributed by atoms with E-state index in [1.807, 2.05) is 16.8 Å². The summed E-state index contributed by atoms with van der Waals surface area (Å²) in [5, 5.41) is 6.72. The number of halogens is 1. The first-order valence-electron chi connectivity index (χ1n) is 6.38. The number of hydrogen-bond donors (Lipinski definition) is 1. The number of ether oxygens (including phenoxy) is 2. The molecule has 0 radical (unpaired) electrons. The number of benzene rings is 1. The zero-order valence-electron chi connectivity index (χ0n) is 11.8. The molecule has 5 nitrogen and oxygen atoms in total. The van der Waals surface area contributed by atoms with Crippen molar-refractivity contribution in [3.63, 3.8) is 0 Å². The first-order chi connectivity index (χ1) is 10.6. The van der Waals surface area contributed by atoms with Gasteiger partial charge in [0, 0.05) is 5.69 Å². The van der Waals surface area contributed by atoms with E-state index in [1.165, 1.54) is 18.4 Å². The van der Waals surface area contributed by atoms with Crippen molar-refractivity contribution in [2.75, 3.05) is 19.0 Å². The molecule has 0 saturated heterocycles. The van der Waals surface area contributed by atoms with Crippen LogP contribution in [0, 0.1) is 0 Å². The van der Waals surface area contributed by atoms with Gasteiger partial charge < -0.3 is 14.8 Å². The molecular weight excluding hydrogens is 326 g/mol. The number of amides is 1. The largest absolute Gasteiger partial charge is 0.495 e. The first-order valence-corrected chi connectivity index (χ1v) is 7.70. The van der Waals surface area contributed by atoms with Gasteiger partial charge in [-0.05, 0) is 40.6 Å². The number of esters is 1. The van der Waals surface area contributed by atoms with Gasteiger partial charge >= 0.3 is 5.97 Å². The summed E-state index contributed by atoms with van der Waals surface area (Å²) in [6.45, 7) is -0.341. The van der Waals surface area contributed by atoms with E-state index in [1.54, 1.807) is 18.2 Å². The van der Waals surface area contributed by atoms with Gasteiger partial charge in [0.15, 0.2) is 6.61 Å². The number of carbonyl (C=O) groups excluding carboxylic acids is 2. The SMILES string of the molecule is COc1ccc(NC(=O)COC(=O)Cc2ccsc2)cc1Cl. The normalized spacial score (nSPS) is 10.1. The van der Waals surface area contributed by atoms with E-state index in [-0.39, 0.29) is 13.0 Å². The molecule has 1 N–H and O–H groups in total. The maximum atomic E-state index is 11.7. The van der Waals surface area contributed by atoms with Crippen molar-refractivity contribution in [2.45, 2.75) is 6.42 Å².